The number of hydrogen-bond donors (Lipinski definition) is 2. The molecule has 146 valence electrons. The molecule has 3 aromatic rings. The number of aryl methyl sites for hydroxylation is 2. The number of carbonyl (C=O) groups is 1. The Morgan fingerprint density at radius 2 is 1.96 bits per heavy atom. The van der Waals surface area contributed by atoms with Crippen molar-refractivity contribution >= 4 is 34.2 Å². The third-order valence-electron chi connectivity index (χ3n) is 4.52. The number of pyridine rings is 2. The smallest absolute Gasteiger partial charge is 0.319 e. The molecule has 28 heavy (non-hydrogen) atoms. The molecule has 0 bridgehead atoms. The van der Waals surface area contributed by atoms with Crippen LogP contribution in [0.4, 0.5) is 14.9 Å². The SMILES string of the molecule is CCCCNC(=O)Nc1cc(-c2cc3cnc(Cl)cc3nc2C)c(C)cc1F. The standard InChI is InChI=1S/C21H22ClFN4O/c1-4-5-6-24-21(28)27-19-9-15(12(2)7-17(19)23)16-8-14-11-25-20(22)10-18(14)26-13(16)3/h7-11H,4-6H2,1-3H3,(H2,24,27,28). The van der Waals surface area contributed by atoms with E-state index < -0.39 is 11.8 Å². The summed E-state index contributed by atoms with van der Waals surface area (Å²) in [5.74, 6) is -0.480. The summed E-state index contributed by atoms with van der Waals surface area (Å²) in [5.41, 5.74) is 4.05. The molecule has 0 spiro atoms. The Balaban J connectivity index is 1.98. The molecule has 2 aromatic heterocycles. The van der Waals surface area contributed by atoms with E-state index in [0.29, 0.717) is 11.7 Å². The second-order valence-electron chi connectivity index (χ2n) is 6.70. The summed E-state index contributed by atoms with van der Waals surface area (Å²) in [6.45, 7) is 6.30. The van der Waals surface area contributed by atoms with Crippen molar-refractivity contribution in [2.24, 2.45) is 0 Å². The largest absolute Gasteiger partial charge is 0.338 e. The highest BCUT2D eigenvalue weighted by atomic mass is 35.5. The van der Waals surface area contributed by atoms with Crippen molar-refractivity contribution in [1.29, 1.82) is 0 Å². The second-order valence-corrected chi connectivity index (χ2v) is 7.09. The van der Waals surface area contributed by atoms with Gasteiger partial charge in [-0.1, -0.05) is 24.9 Å². The monoisotopic (exact) mass is 400 g/mol. The third-order valence-corrected chi connectivity index (χ3v) is 4.73. The van der Waals surface area contributed by atoms with Gasteiger partial charge in [-0.2, -0.15) is 0 Å². The third kappa shape index (κ3) is 4.39. The number of benzene rings is 1. The first-order valence-electron chi connectivity index (χ1n) is 9.17. The molecule has 0 saturated carbocycles. The predicted octanol–water partition coefficient (Wildman–Crippen LogP) is 5.63. The van der Waals surface area contributed by atoms with E-state index in [0.717, 1.165) is 46.1 Å². The number of nitrogens with zero attached hydrogens (tertiary/aromatic N) is 2. The summed E-state index contributed by atoms with van der Waals surface area (Å²) in [6.07, 6.45) is 3.50. The molecule has 7 heteroatoms. The van der Waals surface area contributed by atoms with Crippen LogP contribution in [0.3, 0.4) is 0 Å². The van der Waals surface area contributed by atoms with Crippen LogP contribution < -0.4 is 10.6 Å². The summed E-state index contributed by atoms with van der Waals surface area (Å²) < 4.78 is 14.4. The lowest BCUT2D eigenvalue weighted by Crippen LogP contribution is -2.29. The average Bonchev–Trinajstić information content (AvgIpc) is 2.64. The van der Waals surface area contributed by atoms with E-state index in [4.69, 9.17) is 11.6 Å². The molecular weight excluding hydrogens is 379 g/mol. The normalized spacial score (nSPS) is 10.9. The van der Waals surface area contributed by atoms with Crippen LogP contribution in [0.15, 0.2) is 30.5 Å². The molecule has 0 aliphatic carbocycles. The van der Waals surface area contributed by atoms with Crippen LogP contribution in [0.25, 0.3) is 22.0 Å². The maximum Gasteiger partial charge on any atom is 0.319 e. The van der Waals surface area contributed by atoms with Crippen molar-refractivity contribution in [3.63, 3.8) is 0 Å². The van der Waals surface area contributed by atoms with Gasteiger partial charge < -0.3 is 10.6 Å². The highest BCUT2D eigenvalue weighted by Gasteiger charge is 2.14. The van der Waals surface area contributed by atoms with E-state index in [-0.39, 0.29) is 5.69 Å². The summed E-state index contributed by atoms with van der Waals surface area (Å²) in [4.78, 5) is 20.7. The van der Waals surface area contributed by atoms with Gasteiger partial charge in [-0.05, 0) is 49.6 Å². The Labute approximate surface area is 168 Å². The van der Waals surface area contributed by atoms with Gasteiger partial charge in [0.2, 0.25) is 0 Å². The van der Waals surface area contributed by atoms with Gasteiger partial charge in [-0.3, -0.25) is 4.98 Å². The zero-order chi connectivity index (χ0) is 20.3. The van der Waals surface area contributed by atoms with E-state index in [1.54, 1.807) is 18.3 Å². The van der Waals surface area contributed by atoms with Crippen molar-refractivity contribution in [3.05, 3.63) is 52.7 Å². The Morgan fingerprint density at radius 1 is 1.18 bits per heavy atom. The maximum atomic E-state index is 14.4. The van der Waals surface area contributed by atoms with Crippen molar-refractivity contribution in [2.75, 3.05) is 11.9 Å². The molecule has 5 nitrogen and oxygen atoms in total. The topological polar surface area (TPSA) is 66.9 Å². The first-order chi connectivity index (χ1) is 13.4. The van der Waals surface area contributed by atoms with Crippen LogP contribution in [-0.2, 0) is 0 Å². The summed E-state index contributed by atoms with van der Waals surface area (Å²) in [6, 6.07) is 6.30. The van der Waals surface area contributed by atoms with E-state index in [1.165, 1.54) is 6.07 Å². The number of hydrogen-bond acceptors (Lipinski definition) is 3. The van der Waals surface area contributed by atoms with Crippen LogP contribution in [0.2, 0.25) is 5.15 Å². The van der Waals surface area contributed by atoms with Gasteiger partial charge in [0.1, 0.15) is 11.0 Å². The molecule has 0 atom stereocenters. The van der Waals surface area contributed by atoms with Crippen molar-refractivity contribution in [1.82, 2.24) is 15.3 Å². The number of carbonyl (C=O) groups excluding carboxylic acids is 1. The van der Waals surface area contributed by atoms with Crippen molar-refractivity contribution in [3.8, 4) is 11.1 Å². The number of nitrogens with one attached hydrogen (secondary N) is 2. The first-order valence-corrected chi connectivity index (χ1v) is 9.55. The van der Waals surface area contributed by atoms with Crippen LogP contribution in [0, 0.1) is 19.7 Å². The number of rotatable bonds is 5. The number of unbranched alkanes of at least 4 members (excludes halogenated alkanes) is 1. The van der Waals surface area contributed by atoms with Gasteiger partial charge in [-0.25, -0.2) is 14.2 Å². The van der Waals surface area contributed by atoms with Gasteiger partial charge in [0.15, 0.2) is 0 Å². The number of fused-ring (bicyclic) bond motifs is 1. The van der Waals surface area contributed by atoms with Gasteiger partial charge in [0, 0.05) is 35.5 Å². The van der Waals surface area contributed by atoms with E-state index in [2.05, 4.69) is 20.6 Å². The van der Waals surface area contributed by atoms with Crippen LogP contribution in [0.5, 0.6) is 0 Å². The first kappa shape index (κ1) is 20.0. The summed E-state index contributed by atoms with van der Waals surface area (Å²) in [5, 5.41) is 6.53. The maximum absolute atomic E-state index is 14.4. The van der Waals surface area contributed by atoms with E-state index in [9.17, 15) is 9.18 Å². The molecule has 0 fully saturated rings. The van der Waals surface area contributed by atoms with E-state index >= 15 is 0 Å². The molecule has 0 aliphatic rings. The predicted molar refractivity (Wildman–Crippen MR) is 111 cm³/mol. The highest BCUT2D eigenvalue weighted by molar-refractivity contribution is 6.30. The van der Waals surface area contributed by atoms with Crippen molar-refractivity contribution < 1.29 is 9.18 Å². The van der Waals surface area contributed by atoms with Gasteiger partial charge in [-0.15, -0.1) is 0 Å². The lowest BCUT2D eigenvalue weighted by Gasteiger charge is -2.14. The number of amides is 2. The highest BCUT2D eigenvalue weighted by Crippen LogP contribution is 2.32. The molecule has 2 heterocycles. The fourth-order valence-electron chi connectivity index (χ4n) is 3.02. The average molecular weight is 401 g/mol. The fourth-order valence-corrected chi connectivity index (χ4v) is 3.17. The quantitative estimate of drug-likeness (QED) is 0.431. The molecule has 3 rings (SSSR count). The Kier molecular flexibility index (Phi) is 6.09. The van der Waals surface area contributed by atoms with E-state index in [1.807, 2.05) is 26.8 Å². The Morgan fingerprint density at radius 3 is 2.71 bits per heavy atom. The zero-order valence-corrected chi connectivity index (χ0v) is 16.8. The van der Waals surface area contributed by atoms with Crippen LogP contribution >= 0.6 is 11.6 Å². The lowest BCUT2D eigenvalue weighted by atomic mass is 9.97. The number of halogens is 2. The number of anilines is 1. The molecule has 2 amide bonds. The van der Waals surface area contributed by atoms with Crippen molar-refractivity contribution in [2.45, 2.75) is 33.6 Å². The van der Waals surface area contributed by atoms with Crippen LogP contribution in [-0.4, -0.2) is 22.5 Å². The van der Waals surface area contributed by atoms with Gasteiger partial charge in [0.25, 0.3) is 0 Å². The molecule has 0 unspecified atom stereocenters. The van der Waals surface area contributed by atoms with Crippen LogP contribution in [0.1, 0.15) is 31.0 Å². The zero-order valence-electron chi connectivity index (χ0n) is 16.1. The Bertz CT molecular complexity index is 1040. The number of urea groups is 1. The molecule has 0 radical (unpaired) electrons. The minimum Gasteiger partial charge on any atom is -0.338 e. The number of aromatic nitrogens is 2. The Hall–Kier alpha value is -2.73. The second kappa shape index (κ2) is 8.52. The molecule has 2 N–H and O–H groups in total. The minimum absolute atomic E-state index is 0.128. The molecule has 1 aromatic carbocycles. The summed E-state index contributed by atoms with van der Waals surface area (Å²) >= 11 is 5.95. The minimum atomic E-state index is -0.480. The van der Waals surface area contributed by atoms with Gasteiger partial charge in [0.05, 0.1) is 11.2 Å². The molecule has 0 aliphatic heterocycles. The molecular formula is C21H22ClFN4O. The molecule has 0 saturated heterocycles. The fraction of sp³-hybridized carbons (Fsp3) is 0.286. The summed E-state index contributed by atoms with van der Waals surface area (Å²) in [7, 11) is 0. The van der Waals surface area contributed by atoms with Gasteiger partial charge >= 0.3 is 6.03 Å². The lowest BCUT2D eigenvalue weighted by molar-refractivity contribution is 0.252.